The van der Waals surface area contributed by atoms with Crippen LogP contribution < -0.4 is 4.74 Å². The first-order chi connectivity index (χ1) is 12.9. The van der Waals surface area contributed by atoms with Gasteiger partial charge in [0.2, 0.25) is 0 Å². The molecule has 2 aliphatic rings. The summed E-state index contributed by atoms with van der Waals surface area (Å²) in [5, 5.41) is 11.4. The second-order valence-electron chi connectivity index (χ2n) is 7.54. The molecule has 1 N–H and O–H groups in total. The van der Waals surface area contributed by atoms with Gasteiger partial charge in [-0.15, -0.1) is 13.2 Å². The number of nitrogens with zero attached hydrogens (tertiary/aromatic N) is 1. The number of aryl methyl sites for hydroxylation is 1. The number of pyridine rings is 1. The van der Waals surface area contributed by atoms with Gasteiger partial charge in [0.1, 0.15) is 5.75 Å². The van der Waals surface area contributed by atoms with Crippen LogP contribution in [0.5, 0.6) is 5.75 Å². The van der Waals surface area contributed by atoms with E-state index in [1.54, 1.807) is 18.3 Å². The summed E-state index contributed by atoms with van der Waals surface area (Å²) in [6, 6.07) is 10.1. The number of hydrogen-bond donors (Lipinski definition) is 1. The van der Waals surface area contributed by atoms with E-state index in [9.17, 15) is 18.3 Å². The molecule has 144 valence electrons. The number of aromatic nitrogens is 1. The van der Waals surface area contributed by atoms with Crippen molar-refractivity contribution in [3.8, 4) is 5.75 Å². The van der Waals surface area contributed by atoms with Gasteiger partial charge < -0.3 is 9.84 Å². The highest BCUT2D eigenvalue weighted by atomic mass is 19.4. The maximum Gasteiger partial charge on any atom is 0.573 e. The normalized spacial score (nSPS) is 22.4. The molecule has 1 fully saturated rings. The lowest BCUT2D eigenvalue weighted by atomic mass is 9.57. The second-order valence-corrected chi connectivity index (χ2v) is 7.54. The molecule has 0 saturated heterocycles. The number of ether oxygens (including phenoxy) is 1. The van der Waals surface area contributed by atoms with Crippen LogP contribution in [0.2, 0.25) is 0 Å². The standard InChI is InChI=1S/C21H22F3NO2/c22-21(23,24)27-17-10-2-1-9-16(17)20(11-5-12-20)19(26)15-8-3-6-14-7-4-13-25-18(14)15/h1-2,4,7,9-10,13,15,19,26H,3,5-6,8,11-12H2. The van der Waals surface area contributed by atoms with E-state index in [1.807, 2.05) is 12.1 Å². The molecule has 0 radical (unpaired) electrons. The van der Waals surface area contributed by atoms with E-state index < -0.39 is 17.9 Å². The highest BCUT2D eigenvalue weighted by Crippen LogP contribution is 2.54. The van der Waals surface area contributed by atoms with E-state index in [1.165, 1.54) is 12.1 Å². The van der Waals surface area contributed by atoms with Crippen LogP contribution in [0.25, 0.3) is 0 Å². The summed E-state index contributed by atoms with van der Waals surface area (Å²) >= 11 is 0. The van der Waals surface area contributed by atoms with E-state index in [2.05, 4.69) is 9.72 Å². The van der Waals surface area contributed by atoms with Crippen molar-refractivity contribution < 1.29 is 23.0 Å². The monoisotopic (exact) mass is 377 g/mol. The van der Waals surface area contributed by atoms with E-state index >= 15 is 0 Å². The first-order valence-corrected chi connectivity index (χ1v) is 9.38. The SMILES string of the molecule is OC(C1CCCc2cccnc21)C1(c2ccccc2OC(F)(F)F)CCC1. The quantitative estimate of drug-likeness (QED) is 0.826. The number of benzene rings is 1. The topological polar surface area (TPSA) is 42.4 Å². The largest absolute Gasteiger partial charge is 0.573 e. The van der Waals surface area contributed by atoms with Crippen LogP contribution in [-0.4, -0.2) is 22.6 Å². The maximum absolute atomic E-state index is 12.9. The zero-order valence-corrected chi connectivity index (χ0v) is 14.9. The first kappa shape index (κ1) is 18.3. The number of hydrogen-bond acceptors (Lipinski definition) is 3. The van der Waals surface area contributed by atoms with Gasteiger partial charge in [-0.25, -0.2) is 0 Å². The summed E-state index contributed by atoms with van der Waals surface area (Å²) in [6.07, 6.45) is 0.982. The first-order valence-electron chi connectivity index (χ1n) is 9.38. The van der Waals surface area contributed by atoms with Crippen molar-refractivity contribution in [3.05, 3.63) is 59.4 Å². The van der Waals surface area contributed by atoms with Gasteiger partial charge in [-0.2, -0.15) is 0 Å². The van der Waals surface area contributed by atoms with Gasteiger partial charge in [-0.1, -0.05) is 30.7 Å². The Labute approximate surface area is 156 Å². The highest BCUT2D eigenvalue weighted by Gasteiger charge is 2.51. The van der Waals surface area contributed by atoms with Crippen molar-refractivity contribution in [2.75, 3.05) is 0 Å². The summed E-state index contributed by atoms with van der Waals surface area (Å²) < 4.78 is 43.0. The zero-order valence-electron chi connectivity index (χ0n) is 14.9. The molecular formula is C21H22F3NO2. The van der Waals surface area contributed by atoms with Crippen molar-refractivity contribution in [2.24, 2.45) is 0 Å². The van der Waals surface area contributed by atoms with E-state index in [0.29, 0.717) is 18.4 Å². The van der Waals surface area contributed by atoms with E-state index in [0.717, 1.165) is 36.9 Å². The molecule has 2 aliphatic carbocycles. The summed E-state index contributed by atoms with van der Waals surface area (Å²) in [4.78, 5) is 4.50. The predicted molar refractivity (Wildman–Crippen MR) is 94.6 cm³/mol. The number of aliphatic hydroxyl groups is 1. The van der Waals surface area contributed by atoms with Gasteiger partial charge in [-0.05, 0) is 49.8 Å². The van der Waals surface area contributed by atoms with Crippen LogP contribution in [0, 0.1) is 0 Å². The average Bonchev–Trinajstić information content (AvgIpc) is 2.60. The zero-order chi connectivity index (χ0) is 19.1. The third-order valence-electron chi connectivity index (χ3n) is 6.08. The molecule has 0 spiro atoms. The number of para-hydroxylation sites is 1. The number of fused-ring (bicyclic) bond motifs is 1. The Bertz CT molecular complexity index is 817. The number of aliphatic hydroxyl groups excluding tert-OH is 1. The molecule has 1 aromatic heterocycles. The van der Waals surface area contributed by atoms with E-state index in [-0.39, 0.29) is 11.7 Å². The summed E-state index contributed by atoms with van der Waals surface area (Å²) in [7, 11) is 0. The summed E-state index contributed by atoms with van der Waals surface area (Å²) in [5.74, 6) is -0.380. The fourth-order valence-corrected chi connectivity index (χ4v) is 4.71. The Kier molecular flexibility index (Phi) is 4.62. The molecule has 2 atom stereocenters. The fraction of sp³-hybridized carbons (Fsp3) is 0.476. The Morgan fingerprint density at radius 1 is 1.11 bits per heavy atom. The predicted octanol–water partition coefficient (Wildman–Crippen LogP) is 4.88. The van der Waals surface area contributed by atoms with Crippen molar-refractivity contribution in [1.82, 2.24) is 4.98 Å². The van der Waals surface area contributed by atoms with Crippen molar-refractivity contribution in [3.63, 3.8) is 0 Å². The van der Waals surface area contributed by atoms with Crippen molar-refractivity contribution >= 4 is 0 Å². The number of rotatable bonds is 4. The minimum absolute atomic E-state index is 0.172. The van der Waals surface area contributed by atoms with Crippen LogP contribution >= 0.6 is 0 Å². The molecule has 1 heterocycles. The molecule has 2 aromatic rings. The van der Waals surface area contributed by atoms with Crippen LogP contribution in [0.15, 0.2) is 42.6 Å². The molecule has 2 unspecified atom stereocenters. The lowest BCUT2D eigenvalue weighted by molar-refractivity contribution is -0.275. The van der Waals surface area contributed by atoms with Gasteiger partial charge in [0.05, 0.1) is 6.10 Å². The summed E-state index contributed by atoms with van der Waals surface area (Å²) in [5.41, 5.74) is 1.74. The average molecular weight is 377 g/mol. The number of halogens is 3. The van der Waals surface area contributed by atoms with Crippen molar-refractivity contribution in [2.45, 2.75) is 62.3 Å². The van der Waals surface area contributed by atoms with Crippen LogP contribution in [0.3, 0.4) is 0 Å². The smallest absolute Gasteiger partial charge is 0.405 e. The van der Waals surface area contributed by atoms with Crippen LogP contribution in [-0.2, 0) is 11.8 Å². The molecule has 0 amide bonds. The molecule has 0 aliphatic heterocycles. The molecule has 6 heteroatoms. The minimum Gasteiger partial charge on any atom is -0.405 e. The fourth-order valence-electron chi connectivity index (χ4n) is 4.71. The Hall–Kier alpha value is -2.08. The minimum atomic E-state index is -4.76. The number of alkyl halides is 3. The van der Waals surface area contributed by atoms with Crippen molar-refractivity contribution in [1.29, 1.82) is 0 Å². The second kappa shape index (κ2) is 6.82. The molecular weight excluding hydrogens is 355 g/mol. The van der Waals surface area contributed by atoms with Gasteiger partial charge in [0.25, 0.3) is 0 Å². The van der Waals surface area contributed by atoms with Gasteiger partial charge in [0.15, 0.2) is 0 Å². The molecule has 3 nitrogen and oxygen atoms in total. The summed E-state index contributed by atoms with van der Waals surface area (Å²) in [6.45, 7) is 0. The van der Waals surface area contributed by atoms with Crippen LogP contribution in [0.4, 0.5) is 13.2 Å². The molecule has 0 bridgehead atoms. The Balaban J connectivity index is 1.72. The maximum atomic E-state index is 12.9. The molecule has 1 saturated carbocycles. The molecule has 27 heavy (non-hydrogen) atoms. The van der Waals surface area contributed by atoms with Crippen LogP contribution in [0.1, 0.15) is 54.8 Å². The lowest BCUT2D eigenvalue weighted by Gasteiger charge is -2.49. The Morgan fingerprint density at radius 2 is 1.89 bits per heavy atom. The van der Waals surface area contributed by atoms with E-state index in [4.69, 9.17) is 0 Å². The molecule has 4 rings (SSSR count). The lowest BCUT2D eigenvalue weighted by Crippen LogP contribution is -2.49. The van der Waals surface area contributed by atoms with Gasteiger partial charge in [0, 0.05) is 28.8 Å². The van der Waals surface area contributed by atoms with Gasteiger partial charge in [-0.3, -0.25) is 4.98 Å². The molecule has 1 aromatic carbocycles. The third kappa shape index (κ3) is 3.31. The Morgan fingerprint density at radius 3 is 2.59 bits per heavy atom. The van der Waals surface area contributed by atoms with Gasteiger partial charge >= 0.3 is 6.36 Å². The highest BCUT2D eigenvalue weighted by molar-refractivity contribution is 5.44. The third-order valence-corrected chi connectivity index (χ3v) is 6.08.